The highest BCUT2D eigenvalue weighted by atomic mass is 32.1. The summed E-state index contributed by atoms with van der Waals surface area (Å²) < 4.78 is 10.8. The van der Waals surface area contributed by atoms with E-state index < -0.39 is 0 Å². The number of aromatic nitrogens is 1. The number of benzene rings is 2. The van der Waals surface area contributed by atoms with Gasteiger partial charge in [0.15, 0.2) is 16.6 Å². The van der Waals surface area contributed by atoms with Crippen molar-refractivity contribution in [1.82, 2.24) is 15.2 Å². The molecule has 6 heteroatoms. The fourth-order valence-electron chi connectivity index (χ4n) is 3.78. The van der Waals surface area contributed by atoms with Crippen molar-refractivity contribution in [3.05, 3.63) is 58.8 Å². The normalized spacial score (nSPS) is 10.8. The molecule has 0 atom stereocenters. The van der Waals surface area contributed by atoms with Crippen molar-refractivity contribution >= 4 is 28.2 Å². The third-order valence-corrected chi connectivity index (χ3v) is 5.75. The van der Waals surface area contributed by atoms with Gasteiger partial charge >= 0.3 is 0 Å². The smallest absolute Gasteiger partial charge is 0.169 e. The Bertz CT molecular complexity index is 1030. The van der Waals surface area contributed by atoms with E-state index in [0.29, 0.717) is 6.54 Å². The first-order valence-electron chi connectivity index (χ1n) is 10.3. The van der Waals surface area contributed by atoms with E-state index in [2.05, 4.69) is 60.2 Å². The summed E-state index contributed by atoms with van der Waals surface area (Å²) in [5, 5.41) is 5.37. The van der Waals surface area contributed by atoms with Crippen LogP contribution < -0.4 is 14.8 Å². The quantitative estimate of drug-likeness (QED) is 0.511. The molecule has 0 amide bonds. The van der Waals surface area contributed by atoms with Gasteiger partial charge in [-0.3, -0.25) is 0 Å². The summed E-state index contributed by atoms with van der Waals surface area (Å²) >= 11 is 5.68. The van der Waals surface area contributed by atoms with Gasteiger partial charge in [-0.1, -0.05) is 17.7 Å². The summed E-state index contributed by atoms with van der Waals surface area (Å²) in [4.78, 5) is 5.73. The molecular weight excluding hydrogens is 394 g/mol. The Morgan fingerprint density at radius 2 is 1.83 bits per heavy atom. The Morgan fingerprint density at radius 1 is 1.07 bits per heavy atom. The number of aryl methyl sites for hydroxylation is 2. The zero-order chi connectivity index (χ0) is 21.7. The van der Waals surface area contributed by atoms with Gasteiger partial charge in [0.1, 0.15) is 0 Å². The second kappa shape index (κ2) is 9.85. The third-order valence-electron chi connectivity index (χ3n) is 5.34. The van der Waals surface area contributed by atoms with E-state index in [1.807, 2.05) is 12.1 Å². The lowest BCUT2D eigenvalue weighted by atomic mass is 10.1. The Hall–Kier alpha value is -2.73. The third kappa shape index (κ3) is 4.87. The zero-order valence-corrected chi connectivity index (χ0v) is 19.3. The van der Waals surface area contributed by atoms with Crippen LogP contribution in [0, 0.1) is 13.8 Å². The lowest BCUT2D eigenvalue weighted by Crippen LogP contribution is -2.40. The first-order valence-corrected chi connectivity index (χ1v) is 10.7. The first-order chi connectivity index (χ1) is 14.5. The second-order valence-electron chi connectivity index (χ2n) is 7.47. The molecule has 0 saturated heterocycles. The molecule has 0 spiro atoms. The van der Waals surface area contributed by atoms with Gasteiger partial charge in [0.05, 0.1) is 14.2 Å². The van der Waals surface area contributed by atoms with Crippen LogP contribution in [0.5, 0.6) is 11.5 Å². The predicted molar refractivity (Wildman–Crippen MR) is 128 cm³/mol. The second-order valence-corrected chi connectivity index (χ2v) is 7.86. The number of H-pyrrole nitrogens is 1. The predicted octanol–water partition coefficient (Wildman–Crippen LogP) is 4.74. The van der Waals surface area contributed by atoms with Crippen LogP contribution in [0.2, 0.25) is 0 Å². The van der Waals surface area contributed by atoms with Crippen LogP contribution in [0.15, 0.2) is 36.4 Å². The van der Waals surface area contributed by atoms with E-state index in [9.17, 15) is 0 Å². The Balaban J connectivity index is 1.82. The zero-order valence-electron chi connectivity index (χ0n) is 18.5. The van der Waals surface area contributed by atoms with Crippen LogP contribution in [-0.4, -0.2) is 42.3 Å². The summed E-state index contributed by atoms with van der Waals surface area (Å²) in [7, 11) is 3.31. The SMILES string of the molecule is CCNC(=S)N(CCc1c(C)[nH]c2ccc(C)cc12)Cc1ccc(OC)c(OC)c1. The lowest BCUT2D eigenvalue weighted by molar-refractivity contribution is 0.352. The molecule has 2 aromatic carbocycles. The summed E-state index contributed by atoms with van der Waals surface area (Å²) in [6.45, 7) is 8.66. The Labute approximate surface area is 184 Å². The van der Waals surface area contributed by atoms with Crippen LogP contribution in [0.4, 0.5) is 0 Å². The topological polar surface area (TPSA) is 49.5 Å². The number of hydrogen-bond acceptors (Lipinski definition) is 3. The largest absolute Gasteiger partial charge is 0.493 e. The van der Waals surface area contributed by atoms with Crippen LogP contribution in [0.3, 0.4) is 0 Å². The van der Waals surface area contributed by atoms with Gasteiger partial charge in [-0.2, -0.15) is 0 Å². The molecule has 0 fully saturated rings. The van der Waals surface area contributed by atoms with Gasteiger partial charge in [0, 0.05) is 36.2 Å². The molecule has 0 unspecified atom stereocenters. The van der Waals surface area contributed by atoms with Gasteiger partial charge in [-0.25, -0.2) is 0 Å². The van der Waals surface area contributed by atoms with E-state index in [-0.39, 0.29) is 0 Å². The van der Waals surface area contributed by atoms with Crippen molar-refractivity contribution in [2.75, 3.05) is 27.3 Å². The number of ether oxygens (including phenoxy) is 2. The van der Waals surface area contributed by atoms with Crippen LogP contribution >= 0.6 is 12.2 Å². The highest BCUT2D eigenvalue weighted by Gasteiger charge is 2.15. The maximum Gasteiger partial charge on any atom is 0.169 e. The van der Waals surface area contributed by atoms with E-state index in [1.165, 1.54) is 27.7 Å². The number of fused-ring (bicyclic) bond motifs is 1. The minimum Gasteiger partial charge on any atom is -0.493 e. The van der Waals surface area contributed by atoms with Crippen molar-refractivity contribution in [1.29, 1.82) is 0 Å². The number of hydrogen-bond donors (Lipinski definition) is 2. The lowest BCUT2D eigenvalue weighted by Gasteiger charge is -2.26. The Morgan fingerprint density at radius 3 is 2.53 bits per heavy atom. The number of aromatic amines is 1. The molecule has 30 heavy (non-hydrogen) atoms. The molecule has 5 nitrogen and oxygen atoms in total. The molecule has 0 saturated carbocycles. The standard InChI is InChI=1S/C24H31N3O2S/c1-6-25-24(30)27(15-18-8-10-22(28-4)23(14-18)29-5)12-11-19-17(3)26-21-9-7-16(2)13-20(19)21/h7-10,13-14,26H,6,11-12,15H2,1-5H3,(H,25,30). The molecule has 1 aromatic heterocycles. The molecule has 0 aliphatic rings. The molecule has 1 heterocycles. The number of thiocarbonyl (C=S) groups is 1. The Kier molecular flexibility index (Phi) is 7.21. The highest BCUT2D eigenvalue weighted by Crippen LogP contribution is 2.28. The summed E-state index contributed by atoms with van der Waals surface area (Å²) in [6, 6.07) is 12.6. The maximum atomic E-state index is 5.68. The molecule has 0 radical (unpaired) electrons. The average Bonchev–Trinajstić information content (AvgIpc) is 3.05. The number of rotatable bonds is 8. The summed E-state index contributed by atoms with van der Waals surface area (Å²) in [5.41, 5.74) is 6.16. The molecule has 2 N–H and O–H groups in total. The number of nitrogens with one attached hydrogen (secondary N) is 2. The molecule has 3 rings (SSSR count). The van der Waals surface area contributed by atoms with E-state index in [1.54, 1.807) is 14.2 Å². The minimum absolute atomic E-state index is 0.701. The van der Waals surface area contributed by atoms with Gasteiger partial charge < -0.3 is 24.7 Å². The van der Waals surface area contributed by atoms with Gasteiger partial charge in [-0.05, 0) is 74.8 Å². The summed E-state index contributed by atoms with van der Waals surface area (Å²) in [5.74, 6) is 1.46. The molecule has 0 aliphatic heterocycles. The van der Waals surface area contributed by atoms with E-state index >= 15 is 0 Å². The molecule has 0 aliphatic carbocycles. The molecule has 160 valence electrons. The van der Waals surface area contributed by atoms with Crippen molar-refractivity contribution < 1.29 is 9.47 Å². The number of methoxy groups -OCH3 is 2. The van der Waals surface area contributed by atoms with Crippen molar-refractivity contribution in [2.45, 2.75) is 33.7 Å². The monoisotopic (exact) mass is 425 g/mol. The minimum atomic E-state index is 0.701. The number of nitrogens with zero attached hydrogens (tertiary/aromatic N) is 1. The van der Waals surface area contributed by atoms with Crippen LogP contribution in [0.1, 0.15) is 29.3 Å². The van der Waals surface area contributed by atoms with Crippen molar-refractivity contribution in [2.24, 2.45) is 0 Å². The van der Waals surface area contributed by atoms with Gasteiger partial charge in [0.25, 0.3) is 0 Å². The van der Waals surface area contributed by atoms with Gasteiger partial charge in [0.2, 0.25) is 0 Å². The molecule has 0 bridgehead atoms. The maximum absolute atomic E-state index is 5.68. The molecular formula is C24H31N3O2S. The van der Waals surface area contributed by atoms with Crippen molar-refractivity contribution in [3.63, 3.8) is 0 Å². The van der Waals surface area contributed by atoms with Crippen LogP contribution in [-0.2, 0) is 13.0 Å². The van der Waals surface area contributed by atoms with E-state index in [0.717, 1.165) is 41.7 Å². The van der Waals surface area contributed by atoms with E-state index in [4.69, 9.17) is 21.7 Å². The van der Waals surface area contributed by atoms with Gasteiger partial charge in [-0.15, -0.1) is 0 Å². The first kappa shape index (κ1) is 22.0. The fourth-order valence-corrected chi connectivity index (χ4v) is 4.08. The average molecular weight is 426 g/mol. The highest BCUT2D eigenvalue weighted by molar-refractivity contribution is 7.80. The molecule has 3 aromatic rings. The van der Waals surface area contributed by atoms with Crippen LogP contribution in [0.25, 0.3) is 10.9 Å². The van der Waals surface area contributed by atoms with Crippen molar-refractivity contribution in [3.8, 4) is 11.5 Å². The fraction of sp³-hybridized carbons (Fsp3) is 0.375. The summed E-state index contributed by atoms with van der Waals surface area (Å²) in [6.07, 6.45) is 0.911.